The topological polar surface area (TPSA) is 78.9 Å². The summed E-state index contributed by atoms with van der Waals surface area (Å²) in [4.78, 5) is 25.6. The van der Waals surface area contributed by atoms with Crippen LogP contribution in [0.4, 0.5) is 4.79 Å². The summed E-state index contributed by atoms with van der Waals surface area (Å²) in [6.45, 7) is 1.14. The number of carboxylic acid groups (broad SMARTS) is 1. The Bertz CT molecular complexity index is 772. The Labute approximate surface area is 146 Å². The molecule has 0 radical (unpaired) electrons. The van der Waals surface area contributed by atoms with Crippen LogP contribution in [-0.4, -0.2) is 48.3 Å². The predicted octanol–water partition coefficient (Wildman–Crippen LogP) is 2.79. The zero-order chi connectivity index (χ0) is 17.8. The van der Waals surface area contributed by atoms with Gasteiger partial charge in [0, 0.05) is 20.2 Å². The largest absolute Gasteiger partial charge is 0.481 e. The molecule has 0 spiro atoms. The van der Waals surface area contributed by atoms with Crippen LogP contribution in [0.15, 0.2) is 42.5 Å². The Hall–Kier alpha value is -2.60. The fraction of sp³-hybridized carbons (Fsp3) is 0.368. The maximum atomic E-state index is 12.6. The minimum Gasteiger partial charge on any atom is -0.481 e. The zero-order valence-electron chi connectivity index (χ0n) is 14.1. The van der Waals surface area contributed by atoms with Gasteiger partial charge in [0.2, 0.25) is 0 Å². The van der Waals surface area contributed by atoms with Crippen LogP contribution in [0.1, 0.15) is 24.4 Å². The summed E-state index contributed by atoms with van der Waals surface area (Å²) in [6.07, 6.45) is 0.671. The fourth-order valence-corrected chi connectivity index (χ4v) is 3.31. The molecule has 6 nitrogen and oxygen atoms in total. The molecule has 2 aromatic rings. The molecule has 3 rings (SSSR count). The molecule has 2 amide bonds. The molecular weight excluding hydrogens is 320 g/mol. The first kappa shape index (κ1) is 17.2. The molecule has 25 heavy (non-hydrogen) atoms. The van der Waals surface area contributed by atoms with E-state index in [2.05, 4.69) is 5.32 Å². The van der Waals surface area contributed by atoms with Gasteiger partial charge in [0.05, 0.1) is 18.6 Å². The maximum absolute atomic E-state index is 12.6. The van der Waals surface area contributed by atoms with Gasteiger partial charge in [-0.05, 0) is 22.8 Å². The fourth-order valence-electron chi connectivity index (χ4n) is 3.31. The number of nitrogens with zero attached hydrogens (tertiary/aromatic N) is 1. The smallest absolute Gasteiger partial charge is 0.317 e. The van der Waals surface area contributed by atoms with Gasteiger partial charge in [-0.25, -0.2) is 4.79 Å². The molecule has 0 aliphatic carbocycles. The van der Waals surface area contributed by atoms with Crippen molar-refractivity contribution in [1.29, 1.82) is 0 Å². The number of ether oxygens (including phenoxy) is 1. The Balaban J connectivity index is 1.84. The van der Waals surface area contributed by atoms with Crippen molar-refractivity contribution in [3.8, 4) is 0 Å². The summed E-state index contributed by atoms with van der Waals surface area (Å²) in [5, 5.41) is 14.2. The average molecular weight is 342 g/mol. The van der Waals surface area contributed by atoms with Crippen molar-refractivity contribution < 1.29 is 19.4 Å². The van der Waals surface area contributed by atoms with Crippen molar-refractivity contribution in [1.82, 2.24) is 10.2 Å². The second-order valence-corrected chi connectivity index (χ2v) is 6.26. The number of likely N-dealkylation sites (tertiary alicyclic amines) is 1. The molecule has 1 heterocycles. The van der Waals surface area contributed by atoms with Crippen LogP contribution in [0.5, 0.6) is 0 Å². The lowest BCUT2D eigenvalue weighted by atomic mass is 9.97. The van der Waals surface area contributed by atoms with Crippen LogP contribution >= 0.6 is 0 Å². The number of amides is 2. The molecule has 0 bridgehead atoms. The number of carbonyl (C=O) groups is 2. The van der Waals surface area contributed by atoms with Gasteiger partial charge in [0.25, 0.3) is 0 Å². The summed E-state index contributed by atoms with van der Waals surface area (Å²) in [5.41, 5.74) is 0.816. The highest BCUT2D eigenvalue weighted by molar-refractivity contribution is 5.87. The lowest BCUT2D eigenvalue weighted by molar-refractivity contribution is -0.137. The molecule has 0 saturated carbocycles. The summed E-state index contributed by atoms with van der Waals surface area (Å²) < 4.78 is 5.29. The molecule has 0 aromatic heterocycles. The molecule has 1 saturated heterocycles. The van der Waals surface area contributed by atoms with Crippen LogP contribution in [0.25, 0.3) is 10.8 Å². The van der Waals surface area contributed by atoms with Crippen LogP contribution in [0, 0.1) is 0 Å². The van der Waals surface area contributed by atoms with E-state index in [4.69, 9.17) is 4.74 Å². The first-order valence-corrected chi connectivity index (χ1v) is 8.36. The van der Waals surface area contributed by atoms with Crippen molar-refractivity contribution in [3.05, 3.63) is 48.0 Å². The number of urea groups is 1. The Morgan fingerprint density at radius 2 is 2.04 bits per heavy atom. The van der Waals surface area contributed by atoms with Gasteiger partial charge in [-0.15, -0.1) is 0 Å². The van der Waals surface area contributed by atoms with E-state index >= 15 is 0 Å². The molecule has 1 fully saturated rings. The highest BCUT2D eigenvalue weighted by atomic mass is 16.5. The summed E-state index contributed by atoms with van der Waals surface area (Å²) in [7, 11) is 1.63. The number of nitrogens with one attached hydrogen (secondary N) is 1. The summed E-state index contributed by atoms with van der Waals surface area (Å²) in [6, 6.07) is 12.7. The molecular formula is C19H22N2O4. The lowest BCUT2D eigenvalue weighted by Gasteiger charge is -2.23. The molecule has 132 valence electrons. The monoisotopic (exact) mass is 342 g/mol. The maximum Gasteiger partial charge on any atom is 0.317 e. The molecule has 1 aliphatic heterocycles. The van der Waals surface area contributed by atoms with Gasteiger partial charge in [-0.2, -0.15) is 0 Å². The number of rotatable bonds is 5. The number of carboxylic acids is 1. The quantitative estimate of drug-likeness (QED) is 0.876. The second kappa shape index (κ2) is 7.53. The zero-order valence-corrected chi connectivity index (χ0v) is 14.1. The molecule has 0 unspecified atom stereocenters. The van der Waals surface area contributed by atoms with Gasteiger partial charge >= 0.3 is 12.0 Å². The number of fused-ring (bicyclic) bond motifs is 1. The number of hydrogen-bond acceptors (Lipinski definition) is 3. The average Bonchev–Trinajstić information content (AvgIpc) is 3.09. The van der Waals surface area contributed by atoms with Gasteiger partial charge in [-0.1, -0.05) is 42.5 Å². The number of methoxy groups -OCH3 is 1. The number of benzene rings is 2. The van der Waals surface area contributed by atoms with Crippen molar-refractivity contribution in [3.63, 3.8) is 0 Å². The SMILES string of the molecule is CO[C@H]1CCN(C(=O)N[C@H](CC(=O)O)c2cccc3ccccc23)C1. The molecule has 1 aliphatic rings. The highest BCUT2D eigenvalue weighted by Gasteiger charge is 2.28. The first-order chi connectivity index (χ1) is 12.1. The third-order valence-corrected chi connectivity index (χ3v) is 4.64. The van der Waals surface area contributed by atoms with E-state index < -0.39 is 12.0 Å². The van der Waals surface area contributed by atoms with E-state index in [1.807, 2.05) is 42.5 Å². The number of aliphatic carboxylic acids is 1. The Kier molecular flexibility index (Phi) is 5.19. The third-order valence-electron chi connectivity index (χ3n) is 4.64. The van der Waals surface area contributed by atoms with Gasteiger partial charge in [-0.3, -0.25) is 4.79 Å². The van der Waals surface area contributed by atoms with Crippen LogP contribution in [-0.2, 0) is 9.53 Å². The van der Waals surface area contributed by atoms with Crippen LogP contribution in [0.3, 0.4) is 0 Å². The van der Waals surface area contributed by atoms with Gasteiger partial charge in [0.15, 0.2) is 0 Å². The van der Waals surface area contributed by atoms with Crippen molar-refractivity contribution in [2.75, 3.05) is 20.2 Å². The molecule has 6 heteroatoms. The molecule has 2 atom stereocenters. The van der Waals surface area contributed by atoms with Crippen LogP contribution in [0.2, 0.25) is 0 Å². The lowest BCUT2D eigenvalue weighted by Crippen LogP contribution is -2.41. The first-order valence-electron chi connectivity index (χ1n) is 8.36. The van der Waals surface area contributed by atoms with Crippen molar-refractivity contribution >= 4 is 22.8 Å². The normalized spacial score (nSPS) is 18.3. The van der Waals surface area contributed by atoms with E-state index in [9.17, 15) is 14.7 Å². The van der Waals surface area contributed by atoms with Gasteiger partial charge in [0.1, 0.15) is 0 Å². The van der Waals surface area contributed by atoms with Crippen LogP contribution < -0.4 is 5.32 Å². The standard InChI is InChI=1S/C19H22N2O4/c1-25-14-9-10-21(12-14)19(24)20-17(11-18(22)23)16-8-4-6-13-5-2-3-7-15(13)16/h2-8,14,17H,9-12H2,1H3,(H,20,24)(H,22,23)/t14-,17+/m0/s1. The van der Waals surface area contributed by atoms with E-state index in [-0.39, 0.29) is 18.6 Å². The third kappa shape index (κ3) is 3.91. The summed E-state index contributed by atoms with van der Waals surface area (Å²) >= 11 is 0. The number of carbonyl (C=O) groups excluding carboxylic acids is 1. The summed E-state index contributed by atoms with van der Waals surface area (Å²) in [5.74, 6) is -0.950. The predicted molar refractivity (Wildman–Crippen MR) is 94.5 cm³/mol. The van der Waals surface area contributed by atoms with E-state index in [1.165, 1.54) is 0 Å². The Morgan fingerprint density at radius 1 is 1.28 bits per heavy atom. The van der Waals surface area contributed by atoms with Gasteiger partial charge < -0.3 is 20.1 Å². The highest BCUT2D eigenvalue weighted by Crippen LogP contribution is 2.27. The van der Waals surface area contributed by atoms with Crippen molar-refractivity contribution in [2.45, 2.75) is 25.0 Å². The van der Waals surface area contributed by atoms with Crippen molar-refractivity contribution in [2.24, 2.45) is 0 Å². The Morgan fingerprint density at radius 3 is 2.76 bits per heavy atom. The van der Waals surface area contributed by atoms with E-state index in [0.717, 1.165) is 22.8 Å². The van der Waals surface area contributed by atoms with E-state index in [0.29, 0.717) is 13.1 Å². The molecule has 2 N–H and O–H groups in total. The number of hydrogen-bond donors (Lipinski definition) is 2. The second-order valence-electron chi connectivity index (χ2n) is 6.26. The molecule has 2 aromatic carbocycles. The minimum absolute atomic E-state index is 0.0428. The van der Waals surface area contributed by atoms with E-state index in [1.54, 1.807) is 12.0 Å². The minimum atomic E-state index is -0.950.